The van der Waals surface area contributed by atoms with Crippen LogP contribution in [0, 0.1) is 0 Å². The minimum absolute atomic E-state index is 0.224. The van der Waals surface area contributed by atoms with Gasteiger partial charge in [0, 0.05) is 29.7 Å². The van der Waals surface area contributed by atoms with E-state index in [0.29, 0.717) is 29.0 Å². The predicted molar refractivity (Wildman–Crippen MR) is 86.2 cm³/mol. The molecular weight excluding hydrogens is 322 g/mol. The van der Waals surface area contributed by atoms with Gasteiger partial charge >= 0.3 is 0 Å². The predicted octanol–water partition coefficient (Wildman–Crippen LogP) is 2.71. The second-order valence-electron chi connectivity index (χ2n) is 5.35. The van der Waals surface area contributed by atoms with Crippen molar-refractivity contribution in [3.05, 3.63) is 55.0 Å². The number of hydrogen-bond acceptors (Lipinski definition) is 7. The number of rotatable bonds is 3. The molecule has 5 rings (SSSR count). The van der Waals surface area contributed by atoms with Crippen molar-refractivity contribution in [3.8, 4) is 40.2 Å². The average Bonchev–Trinajstić information content (AvgIpc) is 3.42. The van der Waals surface area contributed by atoms with Crippen molar-refractivity contribution in [2.24, 2.45) is 0 Å². The number of pyridine rings is 1. The summed E-state index contributed by atoms with van der Waals surface area (Å²) >= 11 is 0. The number of nitrogens with zero attached hydrogens (tertiary/aromatic N) is 5. The number of ether oxygens (including phenoxy) is 2. The van der Waals surface area contributed by atoms with Crippen LogP contribution in [0.4, 0.5) is 0 Å². The molecule has 0 fully saturated rings. The molecule has 4 heterocycles. The Labute approximate surface area is 141 Å². The zero-order valence-electron chi connectivity index (χ0n) is 12.9. The van der Waals surface area contributed by atoms with Crippen LogP contribution in [0.2, 0.25) is 0 Å². The van der Waals surface area contributed by atoms with Crippen LogP contribution in [0.3, 0.4) is 0 Å². The molecule has 122 valence electrons. The Bertz CT molecular complexity index is 1020. The summed E-state index contributed by atoms with van der Waals surface area (Å²) < 4.78 is 17.7. The van der Waals surface area contributed by atoms with Crippen LogP contribution in [-0.4, -0.2) is 31.7 Å². The number of hydrogen-bond donors (Lipinski definition) is 0. The lowest BCUT2D eigenvalue weighted by Gasteiger charge is -2.00. The Kier molecular flexibility index (Phi) is 2.99. The van der Waals surface area contributed by atoms with Gasteiger partial charge in [-0.15, -0.1) is 0 Å². The van der Waals surface area contributed by atoms with E-state index in [1.165, 1.54) is 0 Å². The molecule has 0 aliphatic carbocycles. The molecule has 1 aromatic carbocycles. The molecular formula is C17H11N5O3. The Balaban J connectivity index is 1.44. The van der Waals surface area contributed by atoms with Gasteiger partial charge in [-0.2, -0.15) is 10.1 Å². The summed E-state index contributed by atoms with van der Waals surface area (Å²) in [5.74, 6) is 2.97. The lowest BCUT2D eigenvalue weighted by atomic mass is 10.2. The van der Waals surface area contributed by atoms with Crippen molar-refractivity contribution in [1.82, 2.24) is 24.9 Å². The van der Waals surface area contributed by atoms with E-state index in [2.05, 4.69) is 20.2 Å². The lowest BCUT2D eigenvalue weighted by Crippen LogP contribution is -1.97. The van der Waals surface area contributed by atoms with E-state index in [0.717, 1.165) is 11.1 Å². The van der Waals surface area contributed by atoms with Crippen LogP contribution in [0.5, 0.6) is 11.5 Å². The Morgan fingerprint density at radius 1 is 1.00 bits per heavy atom. The summed E-state index contributed by atoms with van der Waals surface area (Å²) in [6, 6.07) is 11.0. The standard InChI is InChI=1S/C17H11N5O3/c1-6-19-22(7-1)15-5-3-12(9-18-15)16-20-17(25-21-16)11-2-4-13-14(8-11)24-10-23-13/h1-9H,10H2. The molecule has 0 spiro atoms. The molecule has 8 heteroatoms. The SMILES string of the molecule is c1cnn(-c2ccc(-c3noc(-c4ccc5c(c4)OCO5)n3)cn2)c1. The van der Waals surface area contributed by atoms with Gasteiger partial charge in [-0.25, -0.2) is 9.67 Å². The first-order valence-electron chi connectivity index (χ1n) is 7.57. The van der Waals surface area contributed by atoms with Gasteiger partial charge < -0.3 is 14.0 Å². The molecule has 0 atom stereocenters. The van der Waals surface area contributed by atoms with Crippen molar-refractivity contribution in [3.63, 3.8) is 0 Å². The van der Waals surface area contributed by atoms with Crippen LogP contribution in [0.25, 0.3) is 28.7 Å². The molecule has 0 amide bonds. The number of benzene rings is 1. The molecule has 0 bridgehead atoms. The molecule has 0 saturated carbocycles. The van der Waals surface area contributed by atoms with E-state index in [4.69, 9.17) is 14.0 Å². The highest BCUT2D eigenvalue weighted by Gasteiger charge is 2.17. The van der Waals surface area contributed by atoms with E-state index in [1.807, 2.05) is 42.6 Å². The number of aromatic nitrogens is 5. The second-order valence-corrected chi connectivity index (χ2v) is 5.35. The summed E-state index contributed by atoms with van der Waals surface area (Å²) in [5, 5.41) is 8.17. The van der Waals surface area contributed by atoms with Gasteiger partial charge in [0.05, 0.1) is 0 Å². The fourth-order valence-electron chi connectivity index (χ4n) is 2.55. The van der Waals surface area contributed by atoms with Gasteiger partial charge in [-0.3, -0.25) is 0 Å². The first-order valence-corrected chi connectivity index (χ1v) is 7.57. The van der Waals surface area contributed by atoms with Crippen molar-refractivity contribution >= 4 is 0 Å². The molecule has 0 radical (unpaired) electrons. The third kappa shape index (κ3) is 2.40. The third-order valence-corrected chi connectivity index (χ3v) is 3.79. The van der Waals surface area contributed by atoms with E-state index in [9.17, 15) is 0 Å². The zero-order valence-corrected chi connectivity index (χ0v) is 12.9. The van der Waals surface area contributed by atoms with Crippen LogP contribution in [0.15, 0.2) is 59.5 Å². The van der Waals surface area contributed by atoms with Crippen molar-refractivity contribution in [1.29, 1.82) is 0 Å². The summed E-state index contributed by atoms with van der Waals surface area (Å²) in [6.45, 7) is 0.224. The van der Waals surface area contributed by atoms with Crippen LogP contribution >= 0.6 is 0 Å². The number of fused-ring (bicyclic) bond motifs is 1. The van der Waals surface area contributed by atoms with Crippen LogP contribution < -0.4 is 9.47 Å². The Morgan fingerprint density at radius 2 is 1.92 bits per heavy atom. The van der Waals surface area contributed by atoms with Gasteiger partial charge in [-0.05, 0) is 36.4 Å². The van der Waals surface area contributed by atoms with Gasteiger partial charge in [0.15, 0.2) is 17.3 Å². The minimum Gasteiger partial charge on any atom is -0.454 e. The normalized spacial score (nSPS) is 12.5. The highest BCUT2D eigenvalue weighted by molar-refractivity contribution is 5.63. The van der Waals surface area contributed by atoms with Gasteiger partial charge in [0.2, 0.25) is 12.6 Å². The fourth-order valence-corrected chi connectivity index (χ4v) is 2.55. The molecule has 0 N–H and O–H groups in total. The van der Waals surface area contributed by atoms with E-state index in [-0.39, 0.29) is 6.79 Å². The van der Waals surface area contributed by atoms with Crippen molar-refractivity contribution in [2.75, 3.05) is 6.79 Å². The minimum atomic E-state index is 0.224. The maximum Gasteiger partial charge on any atom is 0.258 e. The Hall–Kier alpha value is -3.68. The molecule has 4 aromatic rings. The van der Waals surface area contributed by atoms with E-state index in [1.54, 1.807) is 17.1 Å². The molecule has 0 unspecified atom stereocenters. The van der Waals surface area contributed by atoms with Gasteiger partial charge in [0.1, 0.15) is 0 Å². The molecule has 8 nitrogen and oxygen atoms in total. The maximum absolute atomic E-state index is 5.37. The molecule has 25 heavy (non-hydrogen) atoms. The summed E-state index contributed by atoms with van der Waals surface area (Å²) in [4.78, 5) is 8.80. The summed E-state index contributed by atoms with van der Waals surface area (Å²) in [6.07, 6.45) is 5.21. The highest BCUT2D eigenvalue weighted by Crippen LogP contribution is 2.35. The quantitative estimate of drug-likeness (QED) is 0.569. The second kappa shape index (κ2) is 5.45. The first-order chi connectivity index (χ1) is 12.4. The molecule has 1 aliphatic heterocycles. The summed E-state index contributed by atoms with van der Waals surface area (Å²) in [7, 11) is 0. The maximum atomic E-state index is 5.37. The molecule has 1 aliphatic rings. The zero-order chi connectivity index (χ0) is 16.6. The molecule has 3 aromatic heterocycles. The van der Waals surface area contributed by atoms with E-state index >= 15 is 0 Å². The smallest absolute Gasteiger partial charge is 0.258 e. The van der Waals surface area contributed by atoms with Crippen molar-refractivity contribution in [2.45, 2.75) is 0 Å². The summed E-state index contributed by atoms with van der Waals surface area (Å²) in [5.41, 5.74) is 1.52. The van der Waals surface area contributed by atoms with Crippen molar-refractivity contribution < 1.29 is 14.0 Å². The third-order valence-electron chi connectivity index (χ3n) is 3.79. The fraction of sp³-hybridized carbons (Fsp3) is 0.0588. The molecule has 0 saturated heterocycles. The topological polar surface area (TPSA) is 88.1 Å². The first kappa shape index (κ1) is 13.7. The average molecular weight is 333 g/mol. The monoisotopic (exact) mass is 333 g/mol. The Morgan fingerprint density at radius 3 is 2.76 bits per heavy atom. The van der Waals surface area contributed by atoms with Crippen LogP contribution in [0.1, 0.15) is 0 Å². The van der Waals surface area contributed by atoms with Gasteiger partial charge in [-0.1, -0.05) is 5.16 Å². The van der Waals surface area contributed by atoms with Gasteiger partial charge in [0.25, 0.3) is 5.89 Å². The highest BCUT2D eigenvalue weighted by atomic mass is 16.7. The van der Waals surface area contributed by atoms with E-state index < -0.39 is 0 Å². The largest absolute Gasteiger partial charge is 0.454 e. The lowest BCUT2D eigenvalue weighted by molar-refractivity contribution is 0.174. The van der Waals surface area contributed by atoms with Crippen LogP contribution in [-0.2, 0) is 0 Å².